The molecule has 0 saturated carbocycles. The molecule has 2 aromatic carbocycles. The number of rotatable bonds is 8. The summed E-state index contributed by atoms with van der Waals surface area (Å²) in [5, 5.41) is 2.65. The molecule has 1 N–H and O–H groups in total. The van der Waals surface area contributed by atoms with Crippen molar-refractivity contribution in [2.24, 2.45) is 0 Å². The number of Topliss-reactive ketones (excluding diaryl/α,β-unsaturated/α-hetero) is 1. The molecule has 0 unspecified atom stereocenters. The molecule has 0 saturated heterocycles. The first-order valence-corrected chi connectivity index (χ1v) is 8.22. The first-order chi connectivity index (χ1) is 12.5. The quantitative estimate of drug-likeness (QED) is 0.581. The average molecular weight is 355 g/mol. The molecule has 26 heavy (non-hydrogen) atoms. The van der Waals surface area contributed by atoms with Crippen molar-refractivity contribution in [1.29, 1.82) is 0 Å². The van der Waals surface area contributed by atoms with Crippen LogP contribution in [0.5, 0.6) is 5.75 Å². The van der Waals surface area contributed by atoms with Crippen LogP contribution in [-0.4, -0.2) is 30.9 Å². The number of carbonyl (C=O) groups excluding carboxylic acids is 3. The minimum atomic E-state index is -0.962. The number of hydrogen-bond donors (Lipinski definition) is 1. The standard InChI is InChI=1S/C20H21NO5/c1-14(20(24)21-16-8-10-17(25-2)11-9-16)26-19(23)13-12-18(22)15-6-4-3-5-7-15/h3-11,14H,12-13H2,1-2H3,(H,21,24)/t14-/m0/s1. The maximum Gasteiger partial charge on any atom is 0.307 e. The van der Waals surface area contributed by atoms with Gasteiger partial charge in [0.1, 0.15) is 5.75 Å². The number of ether oxygens (including phenoxy) is 2. The Morgan fingerprint density at radius 1 is 0.962 bits per heavy atom. The van der Waals surface area contributed by atoms with Crippen LogP contribution in [0.15, 0.2) is 54.6 Å². The Bertz CT molecular complexity index is 756. The zero-order valence-corrected chi connectivity index (χ0v) is 14.7. The van der Waals surface area contributed by atoms with Gasteiger partial charge in [0.15, 0.2) is 11.9 Å². The Morgan fingerprint density at radius 2 is 1.62 bits per heavy atom. The van der Waals surface area contributed by atoms with Crippen LogP contribution < -0.4 is 10.1 Å². The Hall–Kier alpha value is -3.15. The summed E-state index contributed by atoms with van der Waals surface area (Å²) in [6, 6.07) is 15.5. The summed E-state index contributed by atoms with van der Waals surface area (Å²) in [7, 11) is 1.55. The van der Waals surface area contributed by atoms with Crippen LogP contribution in [0.3, 0.4) is 0 Å². The van der Waals surface area contributed by atoms with Gasteiger partial charge in [0.05, 0.1) is 13.5 Å². The SMILES string of the molecule is COc1ccc(NC(=O)[C@H](C)OC(=O)CCC(=O)c2ccccc2)cc1. The van der Waals surface area contributed by atoms with Crippen molar-refractivity contribution < 1.29 is 23.9 Å². The van der Waals surface area contributed by atoms with Gasteiger partial charge >= 0.3 is 5.97 Å². The van der Waals surface area contributed by atoms with Crippen molar-refractivity contribution in [3.63, 3.8) is 0 Å². The molecule has 0 aliphatic carbocycles. The van der Waals surface area contributed by atoms with E-state index in [2.05, 4.69) is 5.32 Å². The van der Waals surface area contributed by atoms with Gasteiger partial charge in [-0.25, -0.2) is 0 Å². The van der Waals surface area contributed by atoms with Gasteiger partial charge in [-0.2, -0.15) is 0 Å². The lowest BCUT2D eigenvalue weighted by molar-refractivity contribution is -0.153. The smallest absolute Gasteiger partial charge is 0.307 e. The van der Waals surface area contributed by atoms with Crippen LogP contribution in [0.25, 0.3) is 0 Å². The number of anilines is 1. The fourth-order valence-electron chi connectivity index (χ4n) is 2.21. The highest BCUT2D eigenvalue weighted by Crippen LogP contribution is 2.15. The number of ketones is 1. The summed E-state index contributed by atoms with van der Waals surface area (Å²) in [6.07, 6.45) is -1.000. The molecule has 0 fully saturated rings. The molecule has 0 aliphatic heterocycles. The van der Waals surface area contributed by atoms with Gasteiger partial charge in [-0.05, 0) is 31.2 Å². The first kappa shape index (κ1) is 19.2. The zero-order chi connectivity index (χ0) is 18.9. The van der Waals surface area contributed by atoms with E-state index in [1.54, 1.807) is 55.6 Å². The lowest BCUT2D eigenvalue weighted by atomic mass is 10.1. The summed E-state index contributed by atoms with van der Waals surface area (Å²) in [6.45, 7) is 1.48. The molecule has 2 aromatic rings. The van der Waals surface area contributed by atoms with Crippen molar-refractivity contribution in [3.8, 4) is 5.75 Å². The van der Waals surface area contributed by atoms with Crippen molar-refractivity contribution in [1.82, 2.24) is 0 Å². The molecule has 0 heterocycles. The van der Waals surface area contributed by atoms with Crippen molar-refractivity contribution >= 4 is 23.3 Å². The molecular weight excluding hydrogens is 334 g/mol. The topological polar surface area (TPSA) is 81.7 Å². The Kier molecular flexibility index (Phi) is 6.91. The minimum Gasteiger partial charge on any atom is -0.497 e. The van der Waals surface area contributed by atoms with Crippen LogP contribution >= 0.6 is 0 Å². The summed E-state index contributed by atoms with van der Waals surface area (Å²) >= 11 is 0. The predicted molar refractivity (Wildman–Crippen MR) is 97.2 cm³/mol. The number of carbonyl (C=O) groups is 3. The van der Waals surface area contributed by atoms with Crippen molar-refractivity contribution in [3.05, 3.63) is 60.2 Å². The maximum absolute atomic E-state index is 12.1. The van der Waals surface area contributed by atoms with E-state index in [1.807, 2.05) is 6.07 Å². The minimum absolute atomic E-state index is 0.0374. The normalized spacial score (nSPS) is 11.3. The van der Waals surface area contributed by atoms with E-state index in [-0.39, 0.29) is 18.6 Å². The van der Waals surface area contributed by atoms with E-state index < -0.39 is 18.0 Å². The van der Waals surface area contributed by atoms with E-state index in [0.717, 1.165) is 0 Å². The Labute approximate surface area is 152 Å². The van der Waals surface area contributed by atoms with Gasteiger partial charge in [-0.1, -0.05) is 30.3 Å². The van der Waals surface area contributed by atoms with Crippen LogP contribution in [0, 0.1) is 0 Å². The van der Waals surface area contributed by atoms with Gasteiger partial charge in [0, 0.05) is 17.7 Å². The van der Waals surface area contributed by atoms with Crippen molar-refractivity contribution in [2.45, 2.75) is 25.9 Å². The van der Waals surface area contributed by atoms with Crippen LogP contribution in [-0.2, 0) is 14.3 Å². The van der Waals surface area contributed by atoms with Gasteiger partial charge in [-0.3, -0.25) is 14.4 Å². The number of benzene rings is 2. The molecule has 0 aromatic heterocycles. The number of amides is 1. The van der Waals surface area contributed by atoms with E-state index in [0.29, 0.717) is 17.0 Å². The van der Waals surface area contributed by atoms with E-state index in [1.165, 1.54) is 6.92 Å². The second-order valence-electron chi connectivity index (χ2n) is 5.64. The highest BCUT2D eigenvalue weighted by atomic mass is 16.5. The molecular formula is C20H21NO5. The molecule has 2 rings (SSSR count). The number of esters is 1. The third-order valence-corrected chi connectivity index (χ3v) is 3.69. The second kappa shape index (κ2) is 9.36. The third-order valence-electron chi connectivity index (χ3n) is 3.69. The molecule has 0 bridgehead atoms. The highest BCUT2D eigenvalue weighted by Gasteiger charge is 2.19. The zero-order valence-electron chi connectivity index (χ0n) is 14.7. The molecule has 136 valence electrons. The van der Waals surface area contributed by atoms with E-state index in [9.17, 15) is 14.4 Å². The third kappa shape index (κ3) is 5.73. The number of nitrogens with one attached hydrogen (secondary N) is 1. The van der Waals surface area contributed by atoms with Crippen LogP contribution in [0.1, 0.15) is 30.1 Å². The van der Waals surface area contributed by atoms with Gasteiger partial charge in [-0.15, -0.1) is 0 Å². The molecule has 6 nitrogen and oxygen atoms in total. The predicted octanol–water partition coefficient (Wildman–Crippen LogP) is 3.23. The monoisotopic (exact) mass is 355 g/mol. The summed E-state index contributed by atoms with van der Waals surface area (Å²) in [5.74, 6) is -0.506. The van der Waals surface area contributed by atoms with Gasteiger partial charge in [0.25, 0.3) is 5.91 Å². The molecule has 1 atom stereocenters. The van der Waals surface area contributed by atoms with Gasteiger partial charge < -0.3 is 14.8 Å². The summed E-state index contributed by atoms with van der Waals surface area (Å²) < 4.78 is 10.1. The van der Waals surface area contributed by atoms with Crippen molar-refractivity contribution in [2.75, 3.05) is 12.4 Å². The van der Waals surface area contributed by atoms with E-state index in [4.69, 9.17) is 9.47 Å². The summed E-state index contributed by atoms with van der Waals surface area (Å²) in [5.41, 5.74) is 1.11. The molecule has 0 aliphatic rings. The van der Waals surface area contributed by atoms with E-state index >= 15 is 0 Å². The highest BCUT2D eigenvalue weighted by molar-refractivity contribution is 5.98. The van der Waals surface area contributed by atoms with Gasteiger partial charge in [0.2, 0.25) is 0 Å². The maximum atomic E-state index is 12.1. The first-order valence-electron chi connectivity index (χ1n) is 8.22. The lowest BCUT2D eigenvalue weighted by Gasteiger charge is -2.13. The molecule has 0 radical (unpaired) electrons. The van der Waals surface area contributed by atoms with Crippen LogP contribution in [0.2, 0.25) is 0 Å². The Morgan fingerprint density at radius 3 is 2.23 bits per heavy atom. The largest absolute Gasteiger partial charge is 0.497 e. The lowest BCUT2D eigenvalue weighted by Crippen LogP contribution is -2.30. The fraction of sp³-hybridized carbons (Fsp3) is 0.250. The molecule has 1 amide bonds. The average Bonchev–Trinajstić information content (AvgIpc) is 2.67. The second-order valence-corrected chi connectivity index (χ2v) is 5.64. The number of methoxy groups -OCH3 is 1. The molecule has 6 heteroatoms. The summed E-state index contributed by atoms with van der Waals surface area (Å²) in [4.78, 5) is 35.9. The Balaban J connectivity index is 1.78. The fourth-order valence-corrected chi connectivity index (χ4v) is 2.21. The number of hydrogen-bond acceptors (Lipinski definition) is 5. The van der Waals surface area contributed by atoms with Crippen LogP contribution in [0.4, 0.5) is 5.69 Å². The molecule has 0 spiro atoms.